The van der Waals surface area contributed by atoms with Crippen LogP contribution in [0.1, 0.15) is 36.9 Å². The van der Waals surface area contributed by atoms with E-state index in [4.69, 9.17) is 5.73 Å². The summed E-state index contributed by atoms with van der Waals surface area (Å²) in [5, 5.41) is 4.30. The summed E-state index contributed by atoms with van der Waals surface area (Å²) >= 11 is 1.73. The number of hydrogen-bond donors (Lipinski definition) is 1. The minimum Gasteiger partial charge on any atom is -0.324 e. The van der Waals surface area contributed by atoms with Crippen LogP contribution in [0.2, 0.25) is 0 Å². The molecule has 0 spiro atoms. The Bertz CT molecular complexity index is 288. The fraction of sp³-hybridized carbons (Fsp3) is 0.455. The molecule has 1 atom stereocenters. The van der Waals surface area contributed by atoms with Crippen LogP contribution in [0.3, 0.4) is 0 Å². The number of hydrogen-bond acceptors (Lipinski definition) is 2. The van der Waals surface area contributed by atoms with Crippen molar-refractivity contribution in [2.75, 3.05) is 0 Å². The second-order valence-corrected chi connectivity index (χ2v) is 4.36. The van der Waals surface area contributed by atoms with Gasteiger partial charge < -0.3 is 5.73 Å². The first-order valence-electron chi connectivity index (χ1n) is 4.54. The zero-order valence-electron chi connectivity index (χ0n) is 8.34. The monoisotopic (exact) mass is 195 g/mol. The molecule has 0 aromatic carbocycles. The van der Waals surface area contributed by atoms with Gasteiger partial charge in [-0.3, -0.25) is 0 Å². The Morgan fingerprint density at radius 2 is 2.31 bits per heavy atom. The molecule has 0 saturated heterocycles. The van der Waals surface area contributed by atoms with Gasteiger partial charge in [0.25, 0.3) is 0 Å². The minimum atomic E-state index is 0.183. The van der Waals surface area contributed by atoms with Crippen molar-refractivity contribution in [3.05, 3.63) is 34.0 Å². The molecule has 2 N–H and O–H groups in total. The Balaban J connectivity index is 2.53. The van der Waals surface area contributed by atoms with Crippen LogP contribution >= 0.6 is 11.3 Å². The maximum atomic E-state index is 6.05. The molecule has 1 rings (SSSR count). The first kappa shape index (κ1) is 10.5. The molecule has 1 heterocycles. The number of thiophene rings is 1. The summed E-state index contributed by atoms with van der Waals surface area (Å²) in [6.45, 7) is 8.04. The van der Waals surface area contributed by atoms with Gasteiger partial charge in [-0.15, -0.1) is 6.58 Å². The Morgan fingerprint density at radius 3 is 2.77 bits per heavy atom. The van der Waals surface area contributed by atoms with Gasteiger partial charge in [-0.25, -0.2) is 0 Å². The molecule has 0 aliphatic rings. The Hall–Kier alpha value is -0.600. The van der Waals surface area contributed by atoms with Crippen molar-refractivity contribution in [3.8, 4) is 0 Å². The molecule has 1 aromatic rings. The number of aryl methyl sites for hydroxylation is 1. The summed E-state index contributed by atoms with van der Waals surface area (Å²) < 4.78 is 0. The number of nitrogens with two attached hydrogens (primary N) is 1. The third-order valence-corrected chi connectivity index (χ3v) is 3.06. The average molecular weight is 195 g/mol. The predicted molar refractivity (Wildman–Crippen MR) is 60.0 cm³/mol. The Labute approximate surface area is 84.3 Å². The molecule has 1 unspecified atom stereocenters. The Morgan fingerprint density at radius 1 is 1.62 bits per heavy atom. The van der Waals surface area contributed by atoms with Crippen LogP contribution < -0.4 is 5.73 Å². The van der Waals surface area contributed by atoms with E-state index in [1.54, 1.807) is 11.3 Å². The maximum Gasteiger partial charge on any atom is 0.0308 e. The molecule has 0 aliphatic carbocycles. The maximum absolute atomic E-state index is 6.05. The van der Waals surface area contributed by atoms with Gasteiger partial charge >= 0.3 is 0 Å². The van der Waals surface area contributed by atoms with Crippen molar-refractivity contribution in [2.45, 2.75) is 32.7 Å². The third-order valence-electron chi connectivity index (χ3n) is 2.18. The first-order chi connectivity index (χ1) is 6.11. The van der Waals surface area contributed by atoms with Crippen LogP contribution in [0, 0.1) is 6.92 Å². The average Bonchev–Trinajstić information content (AvgIpc) is 2.47. The standard InChI is InChI=1S/C11H17NS/c1-8(2)4-5-11(12)10-7-13-6-9(10)3/h6-7,11H,1,4-5,12H2,2-3H3. The van der Waals surface area contributed by atoms with E-state index in [2.05, 4.69) is 24.3 Å². The van der Waals surface area contributed by atoms with Crippen molar-refractivity contribution in [1.82, 2.24) is 0 Å². The van der Waals surface area contributed by atoms with Gasteiger partial charge in [0.2, 0.25) is 0 Å². The van der Waals surface area contributed by atoms with E-state index in [0.717, 1.165) is 12.8 Å². The Kier molecular flexibility index (Phi) is 3.70. The summed E-state index contributed by atoms with van der Waals surface area (Å²) in [4.78, 5) is 0. The van der Waals surface area contributed by atoms with Crippen LogP contribution in [-0.4, -0.2) is 0 Å². The van der Waals surface area contributed by atoms with Gasteiger partial charge in [-0.05, 0) is 48.6 Å². The van der Waals surface area contributed by atoms with Gasteiger partial charge in [0, 0.05) is 6.04 Å². The molecule has 1 nitrogen and oxygen atoms in total. The summed E-state index contributed by atoms with van der Waals surface area (Å²) in [6.07, 6.45) is 2.03. The fourth-order valence-corrected chi connectivity index (χ4v) is 2.22. The van der Waals surface area contributed by atoms with Crippen LogP contribution in [0.15, 0.2) is 22.9 Å². The second kappa shape index (κ2) is 4.58. The van der Waals surface area contributed by atoms with Gasteiger partial charge in [0.15, 0.2) is 0 Å². The smallest absolute Gasteiger partial charge is 0.0308 e. The minimum absolute atomic E-state index is 0.183. The third kappa shape index (κ3) is 2.98. The molecular weight excluding hydrogens is 178 g/mol. The molecule has 72 valence electrons. The molecule has 0 bridgehead atoms. The van der Waals surface area contributed by atoms with Crippen LogP contribution in [-0.2, 0) is 0 Å². The lowest BCUT2D eigenvalue weighted by Crippen LogP contribution is -2.10. The lowest BCUT2D eigenvalue weighted by Gasteiger charge is -2.10. The van der Waals surface area contributed by atoms with Crippen molar-refractivity contribution < 1.29 is 0 Å². The molecule has 0 fully saturated rings. The van der Waals surface area contributed by atoms with Crippen molar-refractivity contribution in [3.63, 3.8) is 0 Å². The first-order valence-corrected chi connectivity index (χ1v) is 5.48. The van der Waals surface area contributed by atoms with E-state index >= 15 is 0 Å². The van der Waals surface area contributed by atoms with E-state index < -0.39 is 0 Å². The highest BCUT2D eigenvalue weighted by Gasteiger charge is 2.08. The lowest BCUT2D eigenvalue weighted by atomic mass is 10.0. The topological polar surface area (TPSA) is 26.0 Å². The molecule has 1 aromatic heterocycles. The highest BCUT2D eigenvalue weighted by Crippen LogP contribution is 2.24. The second-order valence-electron chi connectivity index (χ2n) is 3.61. The predicted octanol–water partition coefficient (Wildman–Crippen LogP) is 3.41. The van der Waals surface area contributed by atoms with Gasteiger partial charge in [-0.1, -0.05) is 5.57 Å². The summed E-state index contributed by atoms with van der Waals surface area (Å²) in [5.74, 6) is 0. The van der Waals surface area contributed by atoms with Crippen molar-refractivity contribution in [1.29, 1.82) is 0 Å². The molecular formula is C11H17NS. The molecule has 0 radical (unpaired) electrons. The largest absolute Gasteiger partial charge is 0.324 e. The molecule has 13 heavy (non-hydrogen) atoms. The number of rotatable bonds is 4. The van der Waals surface area contributed by atoms with Crippen LogP contribution in [0.4, 0.5) is 0 Å². The molecule has 0 amide bonds. The quantitative estimate of drug-likeness (QED) is 0.732. The highest BCUT2D eigenvalue weighted by molar-refractivity contribution is 7.08. The van der Waals surface area contributed by atoms with E-state index in [9.17, 15) is 0 Å². The highest BCUT2D eigenvalue weighted by atomic mass is 32.1. The van der Waals surface area contributed by atoms with Crippen LogP contribution in [0.25, 0.3) is 0 Å². The van der Waals surface area contributed by atoms with E-state index in [-0.39, 0.29) is 6.04 Å². The zero-order valence-corrected chi connectivity index (χ0v) is 9.16. The SMILES string of the molecule is C=C(C)CCC(N)c1cscc1C. The van der Waals surface area contributed by atoms with Gasteiger partial charge in [0.1, 0.15) is 0 Å². The van der Waals surface area contributed by atoms with Crippen LogP contribution in [0.5, 0.6) is 0 Å². The molecule has 0 saturated carbocycles. The lowest BCUT2D eigenvalue weighted by molar-refractivity contribution is 0.648. The van der Waals surface area contributed by atoms with E-state index in [1.807, 2.05) is 6.92 Å². The normalized spacial score (nSPS) is 12.8. The van der Waals surface area contributed by atoms with Gasteiger partial charge in [-0.2, -0.15) is 11.3 Å². The fourth-order valence-electron chi connectivity index (χ4n) is 1.31. The van der Waals surface area contributed by atoms with Crippen molar-refractivity contribution in [2.24, 2.45) is 5.73 Å². The van der Waals surface area contributed by atoms with Gasteiger partial charge in [0.05, 0.1) is 0 Å². The van der Waals surface area contributed by atoms with E-state index in [1.165, 1.54) is 16.7 Å². The summed E-state index contributed by atoms with van der Waals surface area (Å²) in [5.41, 5.74) is 9.88. The van der Waals surface area contributed by atoms with E-state index in [0.29, 0.717) is 0 Å². The molecule has 0 aliphatic heterocycles. The summed E-state index contributed by atoms with van der Waals surface area (Å²) in [7, 11) is 0. The molecule has 2 heteroatoms. The summed E-state index contributed by atoms with van der Waals surface area (Å²) in [6, 6.07) is 0.183. The van der Waals surface area contributed by atoms with Crippen molar-refractivity contribution >= 4 is 11.3 Å². The zero-order chi connectivity index (χ0) is 9.84. The number of allylic oxidation sites excluding steroid dienone is 1.